The summed E-state index contributed by atoms with van der Waals surface area (Å²) in [7, 11) is 0. The van der Waals surface area contributed by atoms with Gasteiger partial charge in [0.05, 0.1) is 9.89 Å². The lowest BCUT2D eigenvalue weighted by molar-refractivity contribution is -0.130. The number of halogens is 1. The fourth-order valence-electron chi connectivity index (χ4n) is 1.29. The number of aromatic nitrogens is 2. The highest BCUT2D eigenvalue weighted by molar-refractivity contribution is 9.10. The van der Waals surface area contributed by atoms with E-state index in [0.29, 0.717) is 0 Å². The van der Waals surface area contributed by atoms with Crippen molar-refractivity contribution < 1.29 is 4.79 Å². The maximum absolute atomic E-state index is 11.5. The summed E-state index contributed by atoms with van der Waals surface area (Å²) in [4.78, 5) is 36.2. The van der Waals surface area contributed by atoms with Crippen LogP contribution in [-0.2, 0) is 11.3 Å². The van der Waals surface area contributed by atoms with Gasteiger partial charge in [0, 0.05) is 12.7 Å². The zero-order valence-electron chi connectivity index (χ0n) is 9.41. The third kappa shape index (κ3) is 3.04. The van der Waals surface area contributed by atoms with Gasteiger partial charge in [-0.25, -0.2) is 10.6 Å². The van der Waals surface area contributed by atoms with Crippen LogP contribution in [0.1, 0.15) is 13.8 Å². The van der Waals surface area contributed by atoms with Crippen molar-refractivity contribution in [1.29, 1.82) is 0 Å². The van der Waals surface area contributed by atoms with Crippen LogP contribution in [0.2, 0.25) is 0 Å². The van der Waals surface area contributed by atoms with Crippen LogP contribution < -0.4 is 22.5 Å². The second kappa shape index (κ2) is 4.84. The number of nitrogens with zero attached hydrogens (tertiary/aromatic N) is 1. The molecule has 0 aliphatic heterocycles. The number of carbonyl (C=O) groups is 1. The molecule has 0 fully saturated rings. The number of hydrogen-bond acceptors (Lipinski definition) is 4. The Morgan fingerprint density at radius 3 is 2.71 bits per heavy atom. The van der Waals surface area contributed by atoms with Crippen molar-refractivity contribution in [2.24, 2.45) is 11.3 Å². The number of hydrogen-bond donors (Lipinski definition) is 3. The summed E-state index contributed by atoms with van der Waals surface area (Å²) in [5.41, 5.74) is 0.0880. The summed E-state index contributed by atoms with van der Waals surface area (Å²) in [6, 6.07) is 0. The lowest BCUT2D eigenvalue weighted by atomic mass is 9.92. The Kier molecular flexibility index (Phi) is 3.89. The molecular formula is C9H13BrN4O3. The highest BCUT2D eigenvalue weighted by Crippen LogP contribution is 2.17. The van der Waals surface area contributed by atoms with Gasteiger partial charge in [0.25, 0.3) is 5.56 Å². The molecule has 0 aromatic carbocycles. The number of rotatable bonds is 3. The van der Waals surface area contributed by atoms with E-state index in [2.05, 4.69) is 20.9 Å². The zero-order chi connectivity index (χ0) is 13.2. The van der Waals surface area contributed by atoms with Gasteiger partial charge in [-0.3, -0.25) is 24.6 Å². The van der Waals surface area contributed by atoms with Crippen LogP contribution in [0, 0.1) is 5.41 Å². The van der Waals surface area contributed by atoms with Crippen molar-refractivity contribution in [1.82, 2.24) is 15.0 Å². The molecule has 0 saturated carbocycles. The number of nitrogens with one attached hydrogen (secondary N) is 2. The maximum atomic E-state index is 11.5. The molecule has 0 spiro atoms. The fourth-order valence-corrected chi connectivity index (χ4v) is 1.64. The third-order valence-corrected chi connectivity index (χ3v) is 2.84. The van der Waals surface area contributed by atoms with E-state index in [1.807, 2.05) is 5.43 Å². The Bertz CT molecular complexity index is 546. The van der Waals surface area contributed by atoms with Crippen LogP contribution >= 0.6 is 15.9 Å². The van der Waals surface area contributed by atoms with Crippen LogP contribution in [0.3, 0.4) is 0 Å². The minimum atomic E-state index is -0.865. The molecular weight excluding hydrogens is 292 g/mol. The molecule has 0 radical (unpaired) electrons. The molecule has 0 aliphatic rings. The summed E-state index contributed by atoms with van der Waals surface area (Å²) in [6.07, 6.45) is 1.34. The molecule has 0 bridgehead atoms. The van der Waals surface area contributed by atoms with E-state index in [1.54, 1.807) is 13.8 Å². The maximum Gasteiger partial charge on any atom is 0.328 e. The molecule has 94 valence electrons. The summed E-state index contributed by atoms with van der Waals surface area (Å²) in [5, 5.41) is 0. The SMILES string of the molecule is CC(C)(Cn1cc(Br)c(=O)[nH]c1=O)C(=O)NN. The number of nitrogens with two attached hydrogens (primary N) is 1. The first-order valence-electron chi connectivity index (χ1n) is 4.78. The first-order chi connectivity index (χ1) is 7.77. The van der Waals surface area contributed by atoms with Gasteiger partial charge in [0.15, 0.2) is 0 Å². The van der Waals surface area contributed by atoms with Crippen molar-refractivity contribution in [3.63, 3.8) is 0 Å². The molecule has 0 aliphatic carbocycles. The number of hydrazine groups is 1. The molecule has 17 heavy (non-hydrogen) atoms. The molecule has 1 heterocycles. The molecule has 1 rings (SSSR count). The number of H-pyrrole nitrogens is 1. The molecule has 4 N–H and O–H groups in total. The quantitative estimate of drug-likeness (QED) is 0.390. The average Bonchev–Trinajstić information content (AvgIpc) is 2.24. The first kappa shape index (κ1) is 13.7. The second-order valence-electron chi connectivity index (χ2n) is 4.22. The topological polar surface area (TPSA) is 110 Å². The van der Waals surface area contributed by atoms with Gasteiger partial charge in [-0.2, -0.15) is 0 Å². The lowest BCUT2D eigenvalue weighted by Crippen LogP contribution is -2.45. The fraction of sp³-hybridized carbons (Fsp3) is 0.444. The molecule has 8 heteroatoms. The van der Waals surface area contributed by atoms with E-state index < -0.39 is 22.6 Å². The minimum Gasteiger partial charge on any atom is -0.298 e. The van der Waals surface area contributed by atoms with E-state index in [4.69, 9.17) is 5.84 Å². The monoisotopic (exact) mass is 304 g/mol. The normalized spacial score (nSPS) is 11.3. The minimum absolute atomic E-state index is 0.101. The first-order valence-corrected chi connectivity index (χ1v) is 5.57. The van der Waals surface area contributed by atoms with Gasteiger partial charge in [-0.05, 0) is 29.8 Å². The second-order valence-corrected chi connectivity index (χ2v) is 5.08. The summed E-state index contributed by atoms with van der Waals surface area (Å²) in [5.74, 6) is 4.65. The predicted octanol–water partition coefficient (Wildman–Crippen LogP) is -0.685. The molecule has 0 atom stereocenters. The van der Waals surface area contributed by atoms with Gasteiger partial charge >= 0.3 is 5.69 Å². The standard InChI is InChI=1S/C9H13BrN4O3/c1-9(2,7(16)13-11)4-14-3-5(10)6(15)12-8(14)17/h3H,4,11H2,1-2H3,(H,13,16)(H,12,15,17). The Morgan fingerprint density at radius 2 is 2.18 bits per heavy atom. The molecule has 7 nitrogen and oxygen atoms in total. The van der Waals surface area contributed by atoms with Crippen molar-refractivity contribution in [2.75, 3.05) is 0 Å². The van der Waals surface area contributed by atoms with Crippen molar-refractivity contribution in [2.45, 2.75) is 20.4 Å². The molecule has 1 aromatic heterocycles. The van der Waals surface area contributed by atoms with Crippen LogP contribution in [0.4, 0.5) is 0 Å². The average molecular weight is 305 g/mol. The van der Waals surface area contributed by atoms with E-state index in [-0.39, 0.29) is 11.0 Å². The number of carbonyl (C=O) groups excluding carboxylic acids is 1. The molecule has 1 amide bonds. The van der Waals surface area contributed by atoms with Crippen LogP contribution in [-0.4, -0.2) is 15.5 Å². The largest absolute Gasteiger partial charge is 0.328 e. The Hall–Kier alpha value is -1.41. The highest BCUT2D eigenvalue weighted by atomic mass is 79.9. The highest BCUT2D eigenvalue weighted by Gasteiger charge is 2.28. The smallest absolute Gasteiger partial charge is 0.298 e. The van der Waals surface area contributed by atoms with Crippen molar-refractivity contribution in [3.8, 4) is 0 Å². The lowest BCUT2D eigenvalue weighted by Gasteiger charge is -2.22. The molecule has 1 aromatic rings. The van der Waals surface area contributed by atoms with Crippen LogP contribution in [0.25, 0.3) is 0 Å². The van der Waals surface area contributed by atoms with Gasteiger partial charge in [-0.1, -0.05) is 0 Å². The van der Waals surface area contributed by atoms with E-state index in [9.17, 15) is 14.4 Å². The summed E-state index contributed by atoms with van der Waals surface area (Å²) >= 11 is 3.01. The van der Waals surface area contributed by atoms with E-state index in [1.165, 1.54) is 10.8 Å². The third-order valence-electron chi connectivity index (χ3n) is 2.28. The molecule has 0 saturated heterocycles. The van der Waals surface area contributed by atoms with Crippen LogP contribution in [0.15, 0.2) is 20.3 Å². The summed E-state index contributed by atoms with van der Waals surface area (Å²) < 4.78 is 1.46. The van der Waals surface area contributed by atoms with Crippen molar-refractivity contribution >= 4 is 21.8 Å². The summed E-state index contributed by atoms with van der Waals surface area (Å²) in [6.45, 7) is 3.38. The number of amides is 1. The van der Waals surface area contributed by atoms with E-state index in [0.717, 1.165) is 0 Å². The van der Waals surface area contributed by atoms with Gasteiger partial charge < -0.3 is 0 Å². The van der Waals surface area contributed by atoms with Gasteiger partial charge in [-0.15, -0.1) is 0 Å². The van der Waals surface area contributed by atoms with Gasteiger partial charge in [0.1, 0.15) is 0 Å². The van der Waals surface area contributed by atoms with Crippen molar-refractivity contribution in [3.05, 3.63) is 31.5 Å². The Morgan fingerprint density at radius 1 is 1.59 bits per heavy atom. The molecule has 0 unspecified atom stereocenters. The van der Waals surface area contributed by atoms with E-state index >= 15 is 0 Å². The van der Waals surface area contributed by atoms with Gasteiger partial charge in [0.2, 0.25) is 5.91 Å². The Balaban J connectivity index is 3.12. The predicted molar refractivity (Wildman–Crippen MR) is 65.1 cm³/mol. The Labute approximate surface area is 105 Å². The zero-order valence-corrected chi connectivity index (χ0v) is 11.0. The number of aromatic amines is 1. The van der Waals surface area contributed by atoms with Crippen LogP contribution in [0.5, 0.6) is 0 Å².